The van der Waals surface area contributed by atoms with Gasteiger partial charge in [0, 0.05) is 13.2 Å². The van der Waals surface area contributed by atoms with E-state index in [1.165, 1.54) is 0 Å². The number of nitrogens with zero attached hydrogens (tertiary/aromatic N) is 1. The molecule has 1 unspecified atom stereocenters. The van der Waals surface area contributed by atoms with Gasteiger partial charge in [-0.15, -0.1) is 0 Å². The number of carbonyl (C=O) groups excluding carboxylic acids is 1. The van der Waals surface area contributed by atoms with Crippen LogP contribution in [0.25, 0.3) is 0 Å². The minimum absolute atomic E-state index is 0.106. The van der Waals surface area contributed by atoms with E-state index in [1.807, 2.05) is 13.8 Å². The first-order valence-corrected chi connectivity index (χ1v) is 4.27. The fraction of sp³-hybridized carbons (Fsp3) is 0.750. The number of hydrogen-bond acceptors (Lipinski definition) is 4. The maximum Gasteiger partial charge on any atom is 0.254 e. The standard InChI is InChI=1S/C8H15N3O2/c1-5(2)9-8-10-6(4-13-3)7(12)11-8/h5-6H,4H2,1-3H3,(H2,9,10,11,12). The normalized spacial score (nSPS) is 21.7. The Bertz CT molecular complexity index is 225. The van der Waals surface area contributed by atoms with Crippen molar-refractivity contribution in [2.24, 2.45) is 4.99 Å². The smallest absolute Gasteiger partial charge is 0.254 e. The van der Waals surface area contributed by atoms with Crippen LogP contribution in [0.1, 0.15) is 13.8 Å². The Morgan fingerprint density at radius 1 is 1.69 bits per heavy atom. The molecule has 1 amide bonds. The summed E-state index contributed by atoms with van der Waals surface area (Å²) in [5.41, 5.74) is 0. The zero-order valence-corrected chi connectivity index (χ0v) is 8.13. The number of hydrogen-bond donors (Lipinski definition) is 2. The Kier molecular flexibility index (Phi) is 3.25. The van der Waals surface area contributed by atoms with Crippen LogP contribution < -0.4 is 10.6 Å². The van der Waals surface area contributed by atoms with Gasteiger partial charge in [0.15, 0.2) is 12.0 Å². The van der Waals surface area contributed by atoms with Crippen LogP contribution in [0.3, 0.4) is 0 Å². The Morgan fingerprint density at radius 2 is 2.38 bits per heavy atom. The lowest BCUT2D eigenvalue weighted by atomic mass is 10.3. The molecule has 1 heterocycles. The van der Waals surface area contributed by atoms with Gasteiger partial charge in [0.05, 0.1) is 6.61 Å². The van der Waals surface area contributed by atoms with Crippen LogP contribution in [0.5, 0.6) is 0 Å². The molecule has 0 spiro atoms. The molecule has 1 atom stereocenters. The van der Waals surface area contributed by atoms with Gasteiger partial charge in [0.2, 0.25) is 0 Å². The van der Waals surface area contributed by atoms with Gasteiger partial charge < -0.3 is 10.1 Å². The van der Waals surface area contributed by atoms with E-state index < -0.39 is 6.04 Å². The summed E-state index contributed by atoms with van der Waals surface area (Å²) >= 11 is 0. The van der Waals surface area contributed by atoms with Crippen molar-refractivity contribution in [3.63, 3.8) is 0 Å². The number of methoxy groups -OCH3 is 1. The third-order valence-corrected chi connectivity index (χ3v) is 1.58. The van der Waals surface area contributed by atoms with Crippen molar-refractivity contribution < 1.29 is 9.53 Å². The maximum atomic E-state index is 11.2. The molecule has 0 aromatic rings. The molecule has 0 aromatic carbocycles. The predicted octanol–water partition coefficient (Wildman–Crippen LogP) is -0.515. The van der Waals surface area contributed by atoms with Gasteiger partial charge in [-0.2, -0.15) is 0 Å². The van der Waals surface area contributed by atoms with Crippen molar-refractivity contribution in [3.8, 4) is 0 Å². The third kappa shape index (κ3) is 2.69. The molecule has 0 aromatic heterocycles. The molecule has 1 rings (SSSR count). The quantitative estimate of drug-likeness (QED) is 0.622. The molecule has 1 aliphatic heterocycles. The molecular formula is C8H15N3O2. The van der Waals surface area contributed by atoms with Gasteiger partial charge in [0.25, 0.3) is 5.91 Å². The number of guanidine groups is 1. The molecule has 0 saturated carbocycles. The summed E-state index contributed by atoms with van der Waals surface area (Å²) in [5.74, 6) is 0.437. The Hall–Kier alpha value is -1.10. The van der Waals surface area contributed by atoms with Crippen LogP contribution in [-0.2, 0) is 9.53 Å². The first kappa shape index (κ1) is 9.98. The molecule has 74 valence electrons. The van der Waals surface area contributed by atoms with Crippen molar-refractivity contribution in [2.75, 3.05) is 13.7 Å². The first-order valence-electron chi connectivity index (χ1n) is 4.27. The first-order chi connectivity index (χ1) is 6.13. The second kappa shape index (κ2) is 4.23. The van der Waals surface area contributed by atoms with Crippen molar-refractivity contribution in [2.45, 2.75) is 25.9 Å². The van der Waals surface area contributed by atoms with Crippen molar-refractivity contribution >= 4 is 11.9 Å². The molecule has 1 aliphatic rings. The van der Waals surface area contributed by atoms with E-state index in [9.17, 15) is 4.79 Å². The highest BCUT2D eigenvalue weighted by Crippen LogP contribution is 1.99. The maximum absolute atomic E-state index is 11.2. The van der Waals surface area contributed by atoms with Crippen LogP contribution in [0.15, 0.2) is 4.99 Å². The summed E-state index contributed by atoms with van der Waals surface area (Å²) in [6.45, 7) is 4.30. The summed E-state index contributed by atoms with van der Waals surface area (Å²) in [6, 6.07) is -0.133. The van der Waals surface area contributed by atoms with Crippen molar-refractivity contribution in [3.05, 3.63) is 0 Å². The number of rotatable bonds is 3. The molecule has 5 nitrogen and oxygen atoms in total. The fourth-order valence-corrected chi connectivity index (χ4v) is 1.06. The average molecular weight is 185 g/mol. The Labute approximate surface area is 77.6 Å². The largest absolute Gasteiger partial charge is 0.382 e. The van der Waals surface area contributed by atoms with E-state index in [4.69, 9.17) is 4.74 Å². The number of carbonyl (C=O) groups is 1. The van der Waals surface area contributed by atoms with E-state index in [2.05, 4.69) is 15.6 Å². The van der Waals surface area contributed by atoms with E-state index >= 15 is 0 Å². The lowest BCUT2D eigenvalue weighted by molar-refractivity contribution is -0.121. The summed E-state index contributed by atoms with van der Waals surface area (Å²) in [5, 5.41) is 5.66. The van der Waals surface area contributed by atoms with Gasteiger partial charge in [-0.1, -0.05) is 0 Å². The lowest BCUT2D eigenvalue weighted by Gasteiger charge is -2.07. The second-order valence-corrected chi connectivity index (χ2v) is 3.24. The Balaban J connectivity index is 2.50. The summed E-state index contributed by atoms with van der Waals surface area (Å²) < 4.78 is 4.85. The van der Waals surface area contributed by atoms with Gasteiger partial charge in [-0.25, -0.2) is 4.99 Å². The number of amides is 1. The predicted molar refractivity (Wildman–Crippen MR) is 49.5 cm³/mol. The fourth-order valence-electron chi connectivity index (χ4n) is 1.06. The zero-order chi connectivity index (χ0) is 9.84. The molecule has 0 aliphatic carbocycles. The highest BCUT2D eigenvalue weighted by molar-refractivity contribution is 6.04. The van der Waals surface area contributed by atoms with E-state index in [0.29, 0.717) is 12.6 Å². The van der Waals surface area contributed by atoms with Crippen LogP contribution >= 0.6 is 0 Å². The van der Waals surface area contributed by atoms with E-state index in [-0.39, 0.29) is 11.9 Å². The Morgan fingerprint density at radius 3 is 2.92 bits per heavy atom. The minimum Gasteiger partial charge on any atom is -0.382 e. The van der Waals surface area contributed by atoms with Crippen molar-refractivity contribution in [1.82, 2.24) is 10.6 Å². The number of aliphatic imine (C=N–C) groups is 1. The van der Waals surface area contributed by atoms with Gasteiger partial charge in [-0.05, 0) is 13.8 Å². The van der Waals surface area contributed by atoms with Crippen LogP contribution in [0.2, 0.25) is 0 Å². The number of ether oxygens (including phenoxy) is 1. The molecule has 0 fully saturated rings. The highest BCUT2D eigenvalue weighted by Gasteiger charge is 2.25. The topological polar surface area (TPSA) is 62.7 Å². The molecule has 13 heavy (non-hydrogen) atoms. The molecular weight excluding hydrogens is 170 g/mol. The molecule has 0 saturated heterocycles. The summed E-state index contributed by atoms with van der Waals surface area (Å²) in [7, 11) is 1.55. The van der Waals surface area contributed by atoms with Crippen molar-refractivity contribution in [1.29, 1.82) is 0 Å². The minimum atomic E-state index is -0.397. The third-order valence-electron chi connectivity index (χ3n) is 1.58. The second-order valence-electron chi connectivity index (χ2n) is 3.24. The summed E-state index contributed by atoms with van der Waals surface area (Å²) in [4.78, 5) is 15.3. The summed E-state index contributed by atoms with van der Waals surface area (Å²) in [6.07, 6.45) is 0. The molecule has 2 N–H and O–H groups in total. The molecule has 0 bridgehead atoms. The lowest BCUT2D eigenvalue weighted by Crippen LogP contribution is -2.40. The highest BCUT2D eigenvalue weighted by atomic mass is 16.5. The monoisotopic (exact) mass is 185 g/mol. The van der Waals surface area contributed by atoms with E-state index in [0.717, 1.165) is 0 Å². The van der Waals surface area contributed by atoms with Crippen LogP contribution in [0, 0.1) is 0 Å². The van der Waals surface area contributed by atoms with Crippen LogP contribution in [0.4, 0.5) is 0 Å². The molecule has 0 radical (unpaired) electrons. The van der Waals surface area contributed by atoms with E-state index in [1.54, 1.807) is 7.11 Å². The SMILES string of the molecule is COCC1N=C(NC(C)C)NC1=O. The van der Waals surface area contributed by atoms with Gasteiger partial charge in [0.1, 0.15) is 0 Å². The van der Waals surface area contributed by atoms with Crippen LogP contribution in [-0.4, -0.2) is 37.7 Å². The number of nitrogens with one attached hydrogen (secondary N) is 2. The average Bonchev–Trinajstić information content (AvgIpc) is 2.31. The molecule has 5 heteroatoms. The zero-order valence-electron chi connectivity index (χ0n) is 8.13. The van der Waals surface area contributed by atoms with Gasteiger partial charge in [-0.3, -0.25) is 10.1 Å². The van der Waals surface area contributed by atoms with Gasteiger partial charge >= 0.3 is 0 Å².